The SMILES string of the molecule is CCCCC1CCC(c2ccc(C(=O)c3ccc([N+](=O)[O-])cc3)cc2)CC1. The quantitative estimate of drug-likeness (QED) is 0.329. The molecule has 0 heterocycles. The van der Waals surface area contributed by atoms with Gasteiger partial charge in [0.2, 0.25) is 0 Å². The van der Waals surface area contributed by atoms with E-state index in [4.69, 9.17) is 0 Å². The lowest BCUT2D eigenvalue weighted by atomic mass is 9.77. The van der Waals surface area contributed by atoms with Gasteiger partial charge in [-0.2, -0.15) is 0 Å². The molecule has 27 heavy (non-hydrogen) atoms. The molecule has 142 valence electrons. The van der Waals surface area contributed by atoms with Crippen molar-refractivity contribution >= 4 is 11.5 Å². The number of rotatable bonds is 7. The van der Waals surface area contributed by atoms with E-state index in [1.807, 2.05) is 12.1 Å². The van der Waals surface area contributed by atoms with E-state index in [-0.39, 0.29) is 11.5 Å². The summed E-state index contributed by atoms with van der Waals surface area (Å²) in [5, 5.41) is 10.7. The first-order valence-corrected chi connectivity index (χ1v) is 9.97. The highest BCUT2D eigenvalue weighted by atomic mass is 16.6. The fourth-order valence-electron chi connectivity index (χ4n) is 4.09. The van der Waals surface area contributed by atoms with Crippen molar-refractivity contribution in [1.29, 1.82) is 0 Å². The minimum Gasteiger partial charge on any atom is -0.289 e. The molecule has 4 nitrogen and oxygen atoms in total. The van der Waals surface area contributed by atoms with Gasteiger partial charge in [-0.05, 0) is 55.2 Å². The van der Waals surface area contributed by atoms with Crippen LogP contribution < -0.4 is 0 Å². The minimum absolute atomic E-state index is 0.00330. The number of carbonyl (C=O) groups excluding carboxylic acids is 1. The van der Waals surface area contributed by atoms with E-state index in [0.717, 1.165) is 5.92 Å². The monoisotopic (exact) mass is 365 g/mol. The van der Waals surface area contributed by atoms with Crippen LogP contribution >= 0.6 is 0 Å². The first-order valence-electron chi connectivity index (χ1n) is 9.97. The average molecular weight is 365 g/mol. The predicted octanol–water partition coefficient (Wildman–Crippen LogP) is 6.29. The fraction of sp³-hybridized carbons (Fsp3) is 0.435. The zero-order valence-corrected chi connectivity index (χ0v) is 15.9. The van der Waals surface area contributed by atoms with Gasteiger partial charge in [-0.25, -0.2) is 0 Å². The Morgan fingerprint density at radius 3 is 2.04 bits per heavy atom. The van der Waals surface area contributed by atoms with Gasteiger partial charge in [0.15, 0.2) is 5.78 Å². The number of benzene rings is 2. The summed E-state index contributed by atoms with van der Waals surface area (Å²) in [7, 11) is 0. The molecule has 0 bridgehead atoms. The van der Waals surface area contributed by atoms with E-state index < -0.39 is 4.92 Å². The van der Waals surface area contributed by atoms with Gasteiger partial charge in [-0.15, -0.1) is 0 Å². The highest BCUT2D eigenvalue weighted by Crippen LogP contribution is 2.37. The van der Waals surface area contributed by atoms with E-state index in [1.165, 1.54) is 74.8 Å². The second kappa shape index (κ2) is 8.94. The number of nitrogens with zero attached hydrogens (tertiary/aromatic N) is 1. The lowest BCUT2D eigenvalue weighted by Gasteiger charge is -2.28. The van der Waals surface area contributed by atoms with Crippen molar-refractivity contribution in [1.82, 2.24) is 0 Å². The van der Waals surface area contributed by atoms with E-state index >= 15 is 0 Å². The number of hydrogen-bond acceptors (Lipinski definition) is 3. The summed E-state index contributed by atoms with van der Waals surface area (Å²) in [4.78, 5) is 22.9. The van der Waals surface area contributed by atoms with Gasteiger partial charge < -0.3 is 0 Å². The first-order chi connectivity index (χ1) is 13.1. The standard InChI is InChI=1S/C23H27NO3/c1-2-3-4-17-5-7-18(8-6-17)19-9-11-20(12-10-19)23(25)21-13-15-22(16-14-21)24(26)27/h9-18H,2-8H2,1H3. The van der Waals surface area contributed by atoms with Crippen molar-refractivity contribution in [3.63, 3.8) is 0 Å². The van der Waals surface area contributed by atoms with Crippen LogP contribution in [0.4, 0.5) is 5.69 Å². The maximum absolute atomic E-state index is 12.6. The van der Waals surface area contributed by atoms with Crippen molar-refractivity contribution in [3.8, 4) is 0 Å². The van der Waals surface area contributed by atoms with Crippen molar-refractivity contribution in [2.24, 2.45) is 5.92 Å². The summed E-state index contributed by atoms with van der Waals surface area (Å²) in [5.74, 6) is 1.40. The summed E-state index contributed by atoms with van der Waals surface area (Å²) >= 11 is 0. The molecule has 4 heteroatoms. The van der Waals surface area contributed by atoms with Gasteiger partial charge in [-0.1, -0.05) is 50.5 Å². The number of carbonyl (C=O) groups is 1. The fourth-order valence-corrected chi connectivity index (χ4v) is 4.09. The average Bonchev–Trinajstić information content (AvgIpc) is 2.72. The van der Waals surface area contributed by atoms with Crippen LogP contribution in [0.25, 0.3) is 0 Å². The molecule has 0 atom stereocenters. The Morgan fingerprint density at radius 1 is 0.963 bits per heavy atom. The normalized spacial score (nSPS) is 19.6. The third kappa shape index (κ3) is 4.82. The highest BCUT2D eigenvalue weighted by molar-refractivity contribution is 6.09. The van der Waals surface area contributed by atoms with Crippen LogP contribution in [0.5, 0.6) is 0 Å². The van der Waals surface area contributed by atoms with Crippen molar-refractivity contribution in [3.05, 3.63) is 75.3 Å². The van der Waals surface area contributed by atoms with Gasteiger partial charge in [-0.3, -0.25) is 14.9 Å². The largest absolute Gasteiger partial charge is 0.289 e. The molecule has 0 aromatic heterocycles. The van der Waals surface area contributed by atoms with Crippen LogP contribution in [0, 0.1) is 16.0 Å². The Hall–Kier alpha value is -2.49. The van der Waals surface area contributed by atoms with E-state index in [1.54, 1.807) is 0 Å². The summed E-state index contributed by atoms with van der Waals surface area (Å²) < 4.78 is 0. The number of non-ortho nitro benzene ring substituents is 1. The van der Waals surface area contributed by atoms with Crippen molar-refractivity contribution in [2.45, 2.75) is 57.8 Å². The second-order valence-electron chi connectivity index (χ2n) is 7.61. The van der Waals surface area contributed by atoms with Crippen LogP contribution in [0.15, 0.2) is 48.5 Å². The molecule has 0 saturated heterocycles. The molecule has 0 N–H and O–H groups in total. The number of ketones is 1. The molecule has 0 aliphatic heterocycles. The molecule has 1 aliphatic carbocycles. The first kappa shape index (κ1) is 19.3. The van der Waals surface area contributed by atoms with Crippen LogP contribution in [-0.2, 0) is 0 Å². The van der Waals surface area contributed by atoms with Gasteiger partial charge in [0.05, 0.1) is 4.92 Å². The third-order valence-electron chi connectivity index (χ3n) is 5.80. The Bertz CT molecular complexity index is 772. The number of nitro groups is 1. The predicted molar refractivity (Wildman–Crippen MR) is 107 cm³/mol. The molecule has 3 rings (SSSR count). The van der Waals surface area contributed by atoms with Crippen LogP contribution in [0.1, 0.15) is 79.3 Å². The Morgan fingerprint density at radius 2 is 1.52 bits per heavy atom. The topological polar surface area (TPSA) is 60.2 Å². The summed E-state index contributed by atoms with van der Waals surface area (Å²) in [6.45, 7) is 2.26. The minimum atomic E-state index is -0.458. The summed E-state index contributed by atoms with van der Waals surface area (Å²) in [6, 6.07) is 13.7. The lowest BCUT2D eigenvalue weighted by Crippen LogP contribution is -2.13. The van der Waals surface area contributed by atoms with Gasteiger partial charge >= 0.3 is 0 Å². The van der Waals surface area contributed by atoms with Crippen molar-refractivity contribution in [2.75, 3.05) is 0 Å². The van der Waals surface area contributed by atoms with Gasteiger partial charge in [0, 0.05) is 23.3 Å². The molecule has 1 aliphatic rings. The molecule has 2 aromatic carbocycles. The molecule has 0 unspecified atom stereocenters. The maximum atomic E-state index is 12.6. The molecular formula is C23H27NO3. The van der Waals surface area contributed by atoms with Gasteiger partial charge in [0.25, 0.3) is 5.69 Å². The van der Waals surface area contributed by atoms with E-state index in [0.29, 0.717) is 17.0 Å². The molecule has 0 radical (unpaired) electrons. The molecule has 0 spiro atoms. The zero-order valence-electron chi connectivity index (χ0n) is 15.9. The number of hydrogen-bond donors (Lipinski definition) is 0. The molecule has 1 saturated carbocycles. The molecule has 0 amide bonds. The Kier molecular flexibility index (Phi) is 6.38. The van der Waals surface area contributed by atoms with Crippen LogP contribution in [0.2, 0.25) is 0 Å². The molecule has 1 fully saturated rings. The summed E-state index contributed by atoms with van der Waals surface area (Å²) in [5.41, 5.74) is 2.43. The van der Waals surface area contributed by atoms with E-state index in [2.05, 4.69) is 19.1 Å². The molecule has 2 aromatic rings. The lowest BCUT2D eigenvalue weighted by molar-refractivity contribution is -0.384. The molecular weight excluding hydrogens is 338 g/mol. The second-order valence-corrected chi connectivity index (χ2v) is 7.61. The van der Waals surface area contributed by atoms with Crippen molar-refractivity contribution < 1.29 is 9.72 Å². The van der Waals surface area contributed by atoms with Crippen LogP contribution in [-0.4, -0.2) is 10.7 Å². The summed E-state index contributed by atoms with van der Waals surface area (Å²) in [6.07, 6.45) is 9.10. The van der Waals surface area contributed by atoms with Gasteiger partial charge in [0.1, 0.15) is 0 Å². The number of nitro benzene ring substituents is 1. The smallest absolute Gasteiger partial charge is 0.269 e. The zero-order chi connectivity index (χ0) is 19.2. The van der Waals surface area contributed by atoms with E-state index in [9.17, 15) is 14.9 Å². The highest BCUT2D eigenvalue weighted by Gasteiger charge is 2.22. The Balaban J connectivity index is 1.61. The third-order valence-corrected chi connectivity index (χ3v) is 5.80. The Labute approximate surface area is 160 Å². The van der Waals surface area contributed by atoms with Crippen LogP contribution in [0.3, 0.4) is 0 Å². The maximum Gasteiger partial charge on any atom is 0.269 e. The number of unbranched alkanes of at least 4 members (excludes halogenated alkanes) is 1.